The van der Waals surface area contributed by atoms with Crippen molar-refractivity contribution in [1.82, 2.24) is 0 Å². The Hall–Kier alpha value is -5.70. The summed E-state index contributed by atoms with van der Waals surface area (Å²) in [5.74, 6) is 0. The number of para-hydroxylation sites is 6. The normalized spacial score (nSPS) is 9.22. The second-order valence-electron chi connectivity index (χ2n) is 9.44. The van der Waals surface area contributed by atoms with Crippen molar-refractivity contribution < 1.29 is 0 Å². The number of hydrogen-bond acceptors (Lipinski definition) is 4. The van der Waals surface area contributed by atoms with Crippen LogP contribution in [0.4, 0.5) is 34.1 Å². The van der Waals surface area contributed by atoms with E-state index in [1.165, 1.54) is 0 Å². The first-order valence-corrected chi connectivity index (χ1v) is 15.3. The van der Waals surface area contributed by atoms with Gasteiger partial charge < -0.3 is 32.7 Å². The van der Waals surface area contributed by atoms with Gasteiger partial charge in [0, 0.05) is 34.1 Å². The Balaban J connectivity index is 0.000000179. The van der Waals surface area contributed by atoms with Crippen LogP contribution in [0.25, 0.3) is 0 Å². The van der Waals surface area contributed by atoms with Crippen LogP contribution in [-0.4, -0.2) is 10.2 Å². The Bertz CT molecular complexity index is 1440. The van der Waals surface area contributed by atoms with Crippen molar-refractivity contribution in [1.29, 1.82) is 0 Å². The predicted molar refractivity (Wildman–Crippen MR) is 207 cm³/mol. The first-order valence-electron chi connectivity index (χ1n) is 14.4. The molecule has 6 aromatic carbocycles. The zero-order valence-electron chi connectivity index (χ0n) is 25.3. The van der Waals surface area contributed by atoms with Gasteiger partial charge in [0.15, 0.2) is 10.2 Å². The molecular weight excluding hydrogens is 605 g/mol. The molecule has 8 heteroatoms. The summed E-state index contributed by atoms with van der Waals surface area (Å²) in [5, 5.41) is 13.6. The smallest absolute Gasteiger partial charge is 0.175 e. The van der Waals surface area contributed by atoms with E-state index in [0.717, 1.165) is 34.1 Å². The van der Waals surface area contributed by atoms with Crippen molar-refractivity contribution >= 4 is 68.8 Å². The fourth-order valence-corrected chi connectivity index (χ4v) is 4.05. The maximum atomic E-state index is 5.36. The van der Waals surface area contributed by atoms with Gasteiger partial charge in [-0.2, -0.15) is 0 Å². The molecule has 0 amide bonds. The lowest BCUT2D eigenvalue weighted by Gasteiger charge is -2.09. The standard InChI is InChI=1S/2C13H12N2S.2C6H7N/c2*16-13(14-11-7-3-1-4-8-11)15-12-9-5-2-6-10-12;2*7-6-4-2-1-3-5-6/h2*1-10H,(H2,14,15,16);2*1-5H,7H2. The summed E-state index contributed by atoms with van der Waals surface area (Å²) in [7, 11) is 0. The Morgan fingerprint density at radius 2 is 0.478 bits per heavy atom. The Labute approximate surface area is 282 Å². The lowest BCUT2D eigenvalue weighted by molar-refractivity contribution is 1.60. The van der Waals surface area contributed by atoms with E-state index >= 15 is 0 Å². The molecule has 46 heavy (non-hydrogen) atoms. The summed E-state index contributed by atoms with van der Waals surface area (Å²) in [4.78, 5) is 0. The molecule has 0 aromatic heterocycles. The fraction of sp³-hybridized carbons (Fsp3) is 0. The van der Waals surface area contributed by atoms with Gasteiger partial charge in [0.1, 0.15) is 0 Å². The molecular formula is C38H38N6S2. The predicted octanol–water partition coefficient (Wildman–Crippen LogP) is 9.53. The van der Waals surface area contributed by atoms with Crippen molar-refractivity contribution in [3.05, 3.63) is 182 Å². The largest absolute Gasteiger partial charge is 0.399 e. The quantitative estimate of drug-likeness (QED) is 0.0836. The molecule has 0 fully saturated rings. The van der Waals surface area contributed by atoms with E-state index in [0.29, 0.717) is 10.2 Å². The van der Waals surface area contributed by atoms with Gasteiger partial charge in [-0.1, -0.05) is 109 Å². The van der Waals surface area contributed by atoms with Crippen LogP contribution in [-0.2, 0) is 0 Å². The molecule has 0 aliphatic rings. The fourth-order valence-electron chi connectivity index (χ4n) is 3.58. The Kier molecular flexibility index (Phi) is 15.9. The SMILES string of the molecule is Nc1ccccc1.Nc1ccccc1.S=C(Nc1ccccc1)Nc1ccccc1.S=C(Nc1ccccc1)Nc1ccccc1. The second-order valence-corrected chi connectivity index (χ2v) is 10.3. The highest BCUT2D eigenvalue weighted by atomic mass is 32.1. The lowest BCUT2D eigenvalue weighted by Crippen LogP contribution is -2.18. The average Bonchev–Trinajstić information content (AvgIpc) is 3.08. The highest BCUT2D eigenvalue weighted by Crippen LogP contribution is 2.10. The summed E-state index contributed by atoms with van der Waals surface area (Å²) < 4.78 is 0. The third-order valence-electron chi connectivity index (χ3n) is 5.73. The van der Waals surface area contributed by atoms with Gasteiger partial charge in [-0.05, 0) is 97.2 Å². The van der Waals surface area contributed by atoms with E-state index in [2.05, 4.69) is 21.3 Å². The number of hydrogen-bond donors (Lipinski definition) is 6. The zero-order chi connectivity index (χ0) is 32.7. The van der Waals surface area contributed by atoms with Crippen molar-refractivity contribution in [3.8, 4) is 0 Å². The van der Waals surface area contributed by atoms with Crippen LogP contribution in [0, 0.1) is 0 Å². The average molecular weight is 643 g/mol. The van der Waals surface area contributed by atoms with Crippen molar-refractivity contribution in [3.63, 3.8) is 0 Å². The number of anilines is 6. The van der Waals surface area contributed by atoms with Crippen LogP contribution in [0.5, 0.6) is 0 Å². The number of nitrogens with two attached hydrogens (primary N) is 2. The maximum absolute atomic E-state index is 5.36. The first kappa shape index (κ1) is 34.8. The number of nitrogens with one attached hydrogen (secondary N) is 4. The van der Waals surface area contributed by atoms with E-state index in [4.69, 9.17) is 35.9 Å². The number of nitrogen functional groups attached to an aromatic ring is 2. The highest BCUT2D eigenvalue weighted by Gasteiger charge is 1.98. The van der Waals surface area contributed by atoms with Gasteiger partial charge in [0.25, 0.3) is 0 Å². The third-order valence-corrected chi connectivity index (χ3v) is 6.13. The van der Waals surface area contributed by atoms with E-state index in [1.54, 1.807) is 0 Å². The summed E-state index contributed by atoms with van der Waals surface area (Å²) in [6.45, 7) is 0. The zero-order valence-corrected chi connectivity index (χ0v) is 26.9. The number of rotatable bonds is 4. The van der Waals surface area contributed by atoms with Gasteiger partial charge in [0.05, 0.1) is 0 Å². The molecule has 6 aromatic rings. The van der Waals surface area contributed by atoms with E-state index in [9.17, 15) is 0 Å². The molecule has 6 rings (SSSR count). The van der Waals surface area contributed by atoms with Crippen LogP contribution in [0.15, 0.2) is 182 Å². The van der Waals surface area contributed by atoms with E-state index in [-0.39, 0.29) is 0 Å². The van der Waals surface area contributed by atoms with Crippen molar-refractivity contribution in [2.24, 2.45) is 0 Å². The van der Waals surface area contributed by atoms with E-state index < -0.39 is 0 Å². The van der Waals surface area contributed by atoms with Gasteiger partial charge in [-0.15, -0.1) is 0 Å². The van der Waals surface area contributed by atoms with Crippen LogP contribution < -0.4 is 32.7 Å². The Morgan fingerprint density at radius 3 is 0.630 bits per heavy atom. The van der Waals surface area contributed by atoms with Gasteiger partial charge in [-0.25, -0.2) is 0 Å². The minimum atomic E-state index is 0.595. The minimum Gasteiger partial charge on any atom is -0.399 e. The Morgan fingerprint density at radius 1 is 0.304 bits per heavy atom. The first-order chi connectivity index (χ1) is 22.5. The molecule has 0 heterocycles. The molecule has 0 radical (unpaired) electrons. The number of benzene rings is 6. The maximum Gasteiger partial charge on any atom is 0.175 e. The summed E-state index contributed by atoms with van der Waals surface area (Å²) in [6.07, 6.45) is 0. The van der Waals surface area contributed by atoms with Crippen molar-refractivity contribution in [2.75, 3.05) is 32.7 Å². The number of thiocarbonyl (C=S) groups is 2. The highest BCUT2D eigenvalue weighted by molar-refractivity contribution is 7.81. The molecule has 0 saturated heterocycles. The topological polar surface area (TPSA) is 100 Å². The summed E-state index contributed by atoms with van der Waals surface area (Å²) >= 11 is 10.4. The van der Waals surface area contributed by atoms with Crippen LogP contribution in [0.3, 0.4) is 0 Å². The molecule has 0 atom stereocenters. The molecule has 0 aliphatic carbocycles. The lowest BCUT2D eigenvalue weighted by atomic mass is 10.3. The molecule has 0 unspecified atom stereocenters. The molecule has 6 nitrogen and oxygen atoms in total. The van der Waals surface area contributed by atoms with E-state index in [1.807, 2.05) is 182 Å². The molecule has 232 valence electrons. The van der Waals surface area contributed by atoms with Crippen molar-refractivity contribution in [2.45, 2.75) is 0 Å². The summed E-state index contributed by atoms with van der Waals surface area (Å²) in [5.41, 5.74) is 16.3. The molecule has 0 bridgehead atoms. The van der Waals surface area contributed by atoms with Gasteiger partial charge >= 0.3 is 0 Å². The summed E-state index contributed by atoms with van der Waals surface area (Å²) in [6, 6.07) is 58.4. The van der Waals surface area contributed by atoms with Crippen LogP contribution in [0.2, 0.25) is 0 Å². The molecule has 0 spiro atoms. The second kappa shape index (κ2) is 21.1. The molecule has 8 N–H and O–H groups in total. The minimum absolute atomic E-state index is 0.595. The van der Waals surface area contributed by atoms with Crippen LogP contribution >= 0.6 is 24.4 Å². The van der Waals surface area contributed by atoms with Crippen LogP contribution in [0.1, 0.15) is 0 Å². The van der Waals surface area contributed by atoms with Gasteiger partial charge in [0.2, 0.25) is 0 Å². The van der Waals surface area contributed by atoms with Gasteiger partial charge in [-0.3, -0.25) is 0 Å². The third kappa shape index (κ3) is 15.7. The molecule has 0 aliphatic heterocycles. The molecule has 0 saturated carbocycles. The monoisotopic (exact) mass is 642 g/mol.